The Morgan fingerprint density at radius 2 is 2.13 bits per heavy atom. The standard InChI is InChI=1S/C18H23ClN2O2/c1-18(9-3-11-22)8-2-10-21(18)13-16-12-17(20-23-16)14-4-6-15(19)7-5-14/h4-7,12,22H,2-3,8-11,13H2,1H3. The zero-order valence-corrected chi connectivity index (χ0v) is 14.2. The first kappa shape index (κ1) is 16.5. The van der Waals surface area contributed by atoms with Gasteiger partial charge in [0.15, 0.2) is 5.76 Å². The van der Waals surface area contributed by atoms with Crippen molar-refractivity contribution in [3.63, 3.8) is 0 Å². The van der Waals surface area contributed by atoms with Crippen LogP contribution < -0.4 is 0 Å². The molecule has 2 heterocycles. The average molecular weight is 335 g/mol. The third kappa shape index (κ3) is 3.77. The Morgan fingerprint density at radius 1 is 1.35 bits per heavy atom. The molecule has 2 aromatic rings. The summed E-state index contributed by atoms with van der Waals surface area (Å²) >= 11 is 5.92. The lowest BCUT2D eigenvalue weighted by molar-refractivity contribution is 0.113. The van der Waals surface area contributed by atoms with E-state index in [1.54, 1.807) is 0 Å². The van der Waals surface area contributed by atoms with Crippen LogP contribution in [0, 0.1) is 0 Å². The fourth-order valence-corrected chi connectivity index (χ4v) is 3.55. The van der Waals surface area contributed by atoms with Gasteiger partial charge in [-0.3, -0.25) is 4.90 Å². The molecule has 0 aliphatic carbocycles. The molecule has 1 aliphatic heterocycles. The van der Waals surface area contributed by atoms with Crippen molar-refractivity contribution in [2.75, 3.05) is 13.2 Å². The quantitative estimate of drug-likeness (QED) is 0.863. The molecule has 0 saturated carbocycles. The summed E-state index contributed by atoms with van der Waals surface area (Å²) < 4.78 is 5.53. The second-order valence-corrected chi connectivity index (χ2v) is 6.97. The largest absolute Gasteiger partial charge is 0.396 e. The van der Waals surface area contributed by atoms with Gasteiger partial charge in [0.1, 0.15) is 5.69 Å². The van der Waals surface area contributed by atoms with Gasteiger partial charge in [-0.05, 0) is 51.3 Å². The summed E-state index contributed by atoms with van der Waals surface area (Å²) in [6.07, 6.45) is 4.23. The van der Waals surface area contributed by atoms with Gasteiger partial charge in [0.05, 0.1) is 6.54 Å². The van der Waals surface area contributed by atoms with E-state index in [1.165, 1.54) is 12.8 Å². The lowest BCUT2D eigenvalue weighted by Crippen LogP contribution is -2.40. The normalized spacial score (nSPS) is 21.9. The first-order valence-electron chi connectivity index (χ1n) is 8.18. The zero-order chi connectivity index (χ0) is 16.3. The van der Waals surface area contributed by atoms with E-state index >= 15 is 0 Å². The van der Waals surface area contributed by atoms with E-state index in [0.717, 1.165) is 42.9 Å². The van der Waals surface area contributed by atoms with Crippen LogP contribution in [0.3, 0.4) is 0 Å². The molecule has 0 amide bonds. The fraction of sp³-hybridized carbons (Fsp3) is 0.500. The number of hydrogen-bond donors (Lipinski definition) is 1. The molecule has 3 rings (SSSR count). The Hall–Kier alpha value is -1.36. The third-order valence-electron chi connectivity index (χ3n) is 4.83. The minimum Gasteiger partial charge on any atom is -0.396 e. The number of aromatic nitrogens is 1. The maximum absolute atomic E-state index is 9.11. The van der Waals surface area contributed by atoms with E-state index in [4.69, 9.17) is 21.2 Å². The number of hydrogen-bond acceptors (Lipinski definition) is 4. The molecule has 0 radical (unpaired) electrons. The number of benzene rings is 1. The Balaban J connectivity index is 1.70. The van der Waals surface area contributed by atoms with Crippen molar-refractivity contribution < 1.29 is 9.63 Å². The molecule has 4 nitrogen and oxygen atoms in total. The molecule has 1 saturated heterocycles. The van der Waals surface area contributed by atoms with Crippen molar-refractivity contribution in [2.24, 2.45) is 0 Å². The number of aliphatic hydroxyl groups is 1. The lowest BCUT2D eigenvalue weighted by atomic mass is 9.93. The molecular formula is C18H23ClN2O2. The van der Waals surface area contributed by atoms with E-state index in [9.17, 15) is 0 Å². The minimum atomic E-state index is 0.149. The lowest BCUT2D eigenvalue weighted by Gasteiger charge is -2.34. The van der Waals surface area contributed by atoms with Gasteiger partial charge in [0.25, 0.3) is 0 Å². The maximum Gasteiger partial charge on any atom is 0.151 e. The van der Waals surface area contributed by atoms with E-state index in [2.05, 4.69) is 17.0 Å². The molecule has 1 N–H and O–H groups in total. The monoisotopic (exact) mass is 334 g/mol. The van der Waals surface area contributed by atoms with Gasteiger partial charge >= 0.3 is 0 Å². The maximum atomic E-state index is 9.11. The van der Waals surface area contributed by atoms with Crippen molar-refractivity contribution in [3.05, 3.63) is 41.1 Å². The van der Waals surface area contributed by atoms with Gasteiger partial charge in [-0.25, -0.2) is 0 Å². The first-order chi connectivity index (χ1) is 11.1. The van der Waals surface area contributed by atoms with Crippen LogP contribution in [0.25, 0.3) is 11.3 Å². The van der Waals surface area contributed by atoms with Crippen molar-refractivity contribution in [3.8, 4) is 11.3 Å². The molecule has 5 heteroatoms. The summed E-state index contributed by atoms with van der Waals surface area (Å²) in [5.41, 5.74) is 2.00. The van der Waals surface area contributed by atoms with E-state index in [0.29, 0.717) is 5.02 Å². The van der Waals surface area contributed by atoms with Crippen molar-refractivity contribution in [2.45, 2.75) is 44.7 Å². The second kappa shape index (κ2) is 7.04. The van der Waals surface area contributed by atoms with Gasteiger partial charge < -0.3 is 9.63 Å². The molecule has 124 valence electrons. The van der Waals surface area contributed by atoms with Crippen LogP contribution in [0.5, 0.6) is 0 Å². The van der Waals surface area contributed by atoms with Crippen LogP contribution in [0.2, 0.25) is 5.02 Å². The summed E-state index contributed by atoms with van der Waals surface area (Å²) in [5, 5.41) is 14.0. The summed E-state index contributed by atoms with van der Waals surface area (Å²) in [7, 11) is 0. The Morgan fingerprint density at radius 3 is 2.87 bits per heavy atom. The molecule has 1 unspecified atom stereocenters. The van der Waals surface area contributed by atoms with Gasteiger partial charge in [-0.1, -0.05) is 28.9 Å². The molecule has 23 heavy (non-hydrogen) atoms. The average Bonchev–Trinajstić information content (AvgIpc) is 3.15. The second-order valence-electron chi connectivity index (χ2n) is 6.53. The Labute approximate surface area is 142 Å². The van der Waals surface area contributed by atoms with E-state index in [1.807, 2.05) is 30.3 Å². The number of nitrogens with zero attached hydrogens (tertiary/aromatic N) is 2. The summed E-state index contributed by atoms with van der Waals surface area (Å²) in [4.78, 5) is 2.45. The topological polar surface area (TPSA) is 49.5 Å². The van der Waals surface area contributed by atoms with Gasteiger partial charge in [0, 0.05) is 28.8 Å². The number of likely N-dealkylation sites (tertiary alicyclic amines) is 1. The summed E-state index contributed by atoms with van der Waals surface area (Å²) in [6, 6.07) is 9.62. The SMILES string of the molecule is CC1(CCCO)CCCN1Cc1cc(-c2ccc(Cl)cc2)no1. The highest BCUT2D eigenvalue weighted by atomic mass is 35.5. The van der Waals surface area contributed by atoms with Crippen molar-refractivity contribution in [1.29, 1.82) is 0 Å². The van der Waals surface area contributed by atoms with E-state index < -0.39 is 0 Å². The van der Waals surface area contributed by atoms with Crippen molar-refractivity contribution >= 4 is 11.6 Å². The molecule has 1 aromatic heterocycles. The molecule has 1 fully saturated rings. The fourth-order valence-electron chi connectivity index (χ4n) is 3.42. The molecule has 0 spiro atoms. The molecule has 1 aliphatic rings. The van der Waals surface area contributed by atoms with Crippen LogP contribution in [-0.4, -0.2) is 33.9 Å². The van der Waals surface area contributed by atoms with Gasteiger partial charge in [-0.15, -0.1) is 0 Å². The van der Waals surface area contributed by atoms with E-state index in [-0.39, 0.29) is 12.1 Å². The highest BCUT2D eigenvalue weighted by Gasteiger charge is 2.36. The molecular weight excluding hydrogens is 312 g/mol. The molecule has 1 aromatic carbocycles. The molecule has 0 bridgehead atoms. The van der Waals surface area contributed by atoms with Crippen molar-refractivity contribution in [1.82, 2.24) is 10.1 Å². The summed E-state index contributed by atoms with van der Waals surface area (Å²) in [5.74, 6) is 0.882. The smallest absolute Gasteiger partial charge is 0.151 e. The van der Waals surface area contributed by atoms with Crippen LogP contribution in [0.4, 0.5) is 0 Å². The third-order valence-corrected chi connectivity index (χ3v) is 5.08. The minimum absolute atomic E-state index is 0.149. The Kier molecular flexibility index (Phi) is 5.05. The number of halogens is 1. The Bertz CT molecular complexity index is 641. The highest BCUT2D eigenvalue weighted by Crippen LogP contribution is 2.34. The predicted molar refractivity (Wildman–Crippen MR) is 91.3 cm³/mol. The van der Waals surface area contributed by atoms with Gasteiger partial charge in [-0.2, -0.15) is 0 Å². The van der Waals surface area contributed by atoms with Crippen LogP contribution in [0.1, 0.15) is 38.4 Å². The highest BCUT2D eigenvalue weighted by molar-refractivity contribution is 6.30. The van der Waals surface area contributed by atoms with Crippen LogP contribution in [0.15, 0.2) is 34.9 Å². The zero-order valence-electron chi connectivity index (χ0n) is 13.5. The number of aliphatic hydroxyl groups excluding tert-OH is 1. The van der Waals surface area contributed by atoms with Gasteiger partial charge in [0.2, 0.25) is 0 Å². The molecule has 1 atom stereocenters. The van der Waals surface area contributed by atoms with Crippen LogP contribution in [-0.2, 0) is 6.54 Å². The van der Waals surface area contributed by atoms with Crippen LogP contribution >= 0.6 is 11.6 Å². The predicted octanol–water partition coefficient (Wildman–Crippen LogP) is 4.12. The number of rotatable bonds is 6. The first-order valence-corrected chi connectivity index (χ1v) is 8.56. The summed E-state index contributed by atoms with van der Waals surface area (Å²) in [6.45, 7) is 4.38.